The predicted molar refractivity (Wildman–Crippen MR) is 112 cm³/mol. The van der Waals surface area contributed by atoms with Crippen LogP contribution in [0.15, 0.2) is 83.8 Å². The van der Waals surface area contributed by atoms with Crippen LogP contribution in [0.2, 0.25) is 0 Å². The molecule has 3 aromatic rings. The van der Waals surface area contributed by atoms with E-state index >= 15 is 0 Å². The van der Waals surface area contributed by atoms with Crippen molar-refractivity contribution in [3.05, 3.63) is 95.6 Å². The molecule has 0 saturated heterocycles. The van der Waals surface area contributed by atoms with Gasteiger partial charge in [0.15, 0.2) is 0 Å². The summed E-state index contributed by atoms with van der Waals surface area (Å²) >= 11 is 1.73. The van der Waals surface area contributed by atoms with Crippen LogP contribution in [0.25, 0.3) is 0 Å². The summed E-state index contributed by atoms with van der Waals surface area (Å²) in [5.41, 5.74) is 4.26. The molecule has 3 aromatic carbocycles. The van der Waals surface area contributed by atoms with Crippen LogP contribution in [0.3, 0.4) is 0 Å². The Hall–Kier alpha value is -2.56. The molecule has 0 spiro atoms. The molecule has 27 heavy (non-hydrogen) atoms. The summed E-state index contributed by atoms with van der Waals surface area (Å²) in [5.74, 6) is -0.144. The topological polar surface area (TPSA) is 23.6 Å². The molecule has 1 heterocycles. The number of fused-ring (bicyclic) bond motifs is 1. The SMILES string of the molecule is CSc1ccc(CN(C)N2C(=O)[C@H](c3ccccc3)c3ccccc32)cc1. The molecule has 0 bridgehead atoms. The van der Waals surface area contributed by atoms with E-state index in [4.69, 9.17) is 0 Å². The van der Waals surface area contributed by atoms with E-state index in [-0.39, 0.29) is 11.8 Å². The van der Waals surface area contributed by atoms with Gasteiger partial charge >= 0.3 is 0 Å². The molecule has 0 radical (unpaired) electrons. The van der Waals surface area contributed by atoms with Gasteiger partial charge in [-0.05, 0) is 41.1 Å². The Morgan fingerprint density at radius 3 is 2.30 bits per heavy atom. The number of para-hydroxylation sites is 1. The first-order chi connectivity index (χ1) is 13.2. The Labute approximate surface area is 164 Å². The first-order valence-corrected chi connectivity index (χ1v) is 10.2. The fraction of sp³-hybridized carbons (Fsp3) is 0.174. The summed E-state index contributed by atoms with van der Waals surface area (Å²) < 4.78 is 0. The van der Waals surface area contributed by atoms with Gasteiger partial charge in [-0.2, -0.15) is 0 Å². The van der Waals surface area contributed by atoms with E-state index in [1.54, 1.807) is 11.8 Å². The van der Waals surface area contributed by atoms with Crippen molar-refractivity contribution < 1.29 is 4.79 Å². The average molecular weight is 375 g/mol. The standard InChI is InChI=1S/C23H22N2OS/c1-24(16-17-12-14-19(27-2)15-13-17)25-21-11-7-6-10-20(21)22(23(25)26)18-8-4-3-5-9-18/h3-15,22H,16H2,1-2H3/t22-/m1/s1. The molecule has 0 saturated carbocycles. The highest BCUT2D eigenvalue weighted by molar-refractivity contribution is 7.98. The lowest BCUT2D eigenvalue weighted by Gasteiger charge is -2.29. The Bertz CT molecular complexity index is 940. The number of carbonyl (C=O) groups excluding carboxylic acids is 1. The average Bonchev–Trinajstić information content (AvgIpc) is 3.01. The van der Waals surface area contributed by atoms with Gasteiger partial charge in [0.2, 0.25) is 0 Å². The number of hydrogen-bond acceptors (Lipinski definition) is 3. The molecule has 0 aromatic heterocycles. The van der Waals surface area contributed by atoms with Gasteiger partial charge in [0, 0.05) is 18.5 Å². The largest absolute Gasteiger partial charge is 0.272 e. The second-order valence-electron chi connectivity index (χ2n) is 6.72. The highest BCUT2D eigenvalue weighted by Gasteiger charge is 2.39. The van der Waals surface area contributed by atoms with Gasteiger partial charge in [-0.3, -0.25) is 4.79 Å². The zero-order valence-electron chi connectivity index (χ0n) is 15.5. The maximum Gasteiger partial charge on any atom is 0.253 e. The van der Waals surface area contributed by atoms with E-state index in [0.29, 0.717) is 6.54 Å². The third-order valence-electron chi connectivity index (χ3n) is 4.98. The van der Waals surface area contributed by atoms with Gasteiger partial charge in [-0.1, -0.05) is 60.7 Å². The van der Waals surface area contributed by atoms with Crippen molar-refractivity contribution in [2.24, 2.45) is 0 Å². The Balaban J connectivity index is 1.65. The Morgan fingerprint density at radius 2 is 1.59 bits per heavy atom. The molecule has 0 fully saturated rings. The lowest BCUT2D eigenvalue weighted by Crippen LogP contribution is -2.42. The molecular weight excluding hydrogens is 352 g/mol. The fourth-order valence-electron chi connectivity index (χ4n) is 3.68. The number of benzene rings is 3. The highest BCUT2D eigenvalue weighted by atomic mass is 32.2. The van der Waals surface area contributed by atoms with Gasteiger partial charge in [-0.15, -0.1) is 11.8 Å². The van der Waals surface area contributed by atoms with E-state index < -0.39 is 0 Å². The highest BCUT2D eigenvalue weighted by Crippen LogP contribution is 2.41. The molecule has 3 nitrogen and oxygen atoms in total. The minimum Gasteiger partial charge on any atom is -0.272 e. The molecule has 136 valence electrons. The molecule has 1 aliphatic heterocycles. The number of amides is 1. The number of rotatable bonds is 5. The molecule has 1 aliphatic rings. The van der Waals surface area contributed by atoms with E-state index in [9.17, 15) is 4.79 Å². The summed E-state index contributed by atoms with van der Waals surface area (Å²) in [6, 6.07) is 26.6. The number of anilines is 1. The first-order valence-electron chi connectivity index (χ1n) is 9.01. The summed E-state index contributed by atoms with van der Waals surface area (Å²) in [7, 11) is 1.98. The van der Waals surface area contributed by atoms with Crippen LogP contribution >= 0.6 is 11.8 Å². The van der Waals surface area contributed by atoms with Crippen molar-refractivity contribution in [3.63, 3.8) is 0 Å². The molecular formula is C23H22N2OS. The summed E-state index contributed by atoms with van der Waals surface area (Å²) in [4.78, 5) is 14.6. The minimum atomic E-state index is -0.247. The van der Waals surface area contributed by atoms with Crippen LogP contribution in [0.5, 0.6) is 0 Å². The Morgan fingerprint density at radius 1 is 0.926 bits per heavy atom. The third-order valence-corrected chi connectivity index (χ3v) is 5.72. The second kappa shape index (κ2) is 7.59. The van der Waals surface area contributed by atoms with E-state index in [1.165, 1.54) is 10.5 Å². The van der Waals surface area contributed by atoms with E-state index in [1.807, 2.05) is 65.6 Å². The van der Waals surface area contributed by atoms with Crippen LogP contribution < -0.4 is 5.01 Å². The maximum absolute atomic E-state index is 13.4. The van der Waals surface area contributed by atoms with E-state index in [2.05, 4.69) is 36.6 Å². The van der Waals surface area contributed by atoms with Gasteiger partial charge < -0.3 is 0 Å². The molecule has 4 heteroatoms. The maximum atomic E-state index is 13.4. The molecule has 0 N–H and O–H groups in total. The number of hydrogen-bond donors (Lipinski definition) is 0. The first kappa shape index (κ1) is 17.8. The quantitative estimate of drug-likeness (QED) is 0.591. The Kier molecular flexibility index (Phi) is 5.01. The summed E-state index contributed by atoms with van der Waals surface area (Å²) in [6.45, 7) is 0.677. The van der Waals surface area contributed by atoms with E-state index in [0.717, 1.165) is 16.8 Å². The summed E-state index contributed by atoms with van der Waals surface area (Å²) in [5, 5.41) is 3.84. The second-order valence-corrected chi connectivity index (χ2v) is 7.60. The number of nitrogens with zero attached hydrogens (tertiary/aromatic N) is 2. The monoisotopic (exact) mass is 374 g/mol. The molecule has 1 atom stereocenters. The van der Waals surface area contributed by atoms with Crippen LogP contribution in [0.1, 0.15) is 22.6 Å². The van der Waals surface area contributed by atoms with Crippen LogP contribution in [-0.2, 0) is 11.3 Å². The van der Waals surface area contributed by atoms with Crippen LogP contribution in [0.4, 0.5) is 5.69 Å². The van der Waals surface area contributed by atoms with Gasteiger partial charge in [0.1, 0.15) is 0 Å². The van der Waals surface area contributed by atoms with Crippen molar-refractivity contribution >= 4 is 23.4 Å². The molecule has 4 rings (SSSR count). The van der Waals surface area contributed by atoms with Crippen molar-refractivity contribution in [3.8, 4) is 0 Å². The van der Waals surface area contributed by atoms with Crippen LogP contribution in [0, 0.1) is 0 Å². The number of carbonyl (C=O) groups is 1. The van der Waals surface area contributed by atoms with Crippen LogP contribution in [-0.4, -0.2) is 24.2 Å². The molecule has 0 unspecified atom stereocenters. The number of hydrazine groups is 1. The molecule has 1 amide bonds. The third kappa shape index (κ3) is 3.38. The lowest BCUT2D eigenvalue weighted by atomic mass is 9.93. The lowest BCUT2D eigenvalue weighted by molar-refractivity contribution is -0.121. The smallest absolute Gasteiger partial charge is 0.253 e. The zero-order chi connectivity index (χ0) is 18.8. The van der Waals surface area contributed by atoms with Gasteiger partial charge in [0.25, 0.3) is 5.91 Å². The van der Waals surface area contributed by atoms with Crippen molar-refractivity contribution in [1.29, 1.82) is 0 Å². The normalized spacial score (nSPS) is 16.0. The van der Waals surface area contributed by atoms with Crippen molar-refractivity contribution in [2.45, 2.75) is 17.4 Å². The van der Waals surface area contributed by atoms with Crippen molar-refractivity contribution in [1.82, 2.24) is 5.01 Å². The number of thioether (sulfide) groups is 1. The summed E-state index contributed by atoms with van der Waals surface area (Å²) in [6.07, 6.45) is 2.07. The van der Waals surface area contributed by atoms with Gasteiger partial charge in [-0.25, -0.2) is 10.0 Å². The fourth-order valence-corrected chi connectivity index (χ4v) is 4.09. The van der Waals surface area contributed by atoms with Gasteiger partial charge in [0.05, 0.1) is 11.6 Å². The zero-order valence-corrected chi connectivity index (χ0v) is 16.3. The molecule has 0 aliphatic carbocycles. The minimum absolute atomic E-state index is 0.102. The van der Waals surface area contributed by atoms with Crippen molar-refractivity contribution in [2.75, 3.05) is 18.3 Å². The predicted octanol–water partition coefficient (Wildman–Crippen LogP) is 4.93.